The predicted molar refractivity (Wildman–Crippen MR) is 59.1 cm³/mol. The third-order valence-electron chi connectivity index (χ3n) is 1.82. The summed E-state index contributed by atoms with van der Waals surface area (Å²) in [6.45, 7) is 11.0. The van der Waals surface area contributed by atoms with Gasteiger partial charge in [0.1, 0.15) is 12.2 Å². The number of hydrogen-bond acceptors (Lipinski definition) is 4. The summed E-state index contributed by atoms with van der Waals surface area (Å²) in [5.74, 6) is 0.0942. The number of carbonyl (C=O) groups is 1. The molecular formula is C11H22O5. The van der Waals surface area contributed by atoms with Crippen LogP contribution >= 0.6 is 0 Å². The summed E-state index contributed by atoms with van der Waals surface area (Å²) in [4.78, 5) is 20.8. The quantitative estimate of drug-likeness (QED) is 0.450. The van der Waals surface area contributed by atoms with Crippen molar-refractivity contribution in [2.45, 2.75) is 59.4 Å². The Hall–Kier alpha value is -0.810. The predicted octanol–water partition coefficient (Wildman–Crippen LogP) is 2.84. The Morgan fingerprint density at radius 3 is 2.00 bits per heavy atom. The van der Waals surface area contributed by atoms with E-state index in [1.807, 2.05) is 34.6 Å². The molecule has 0 heterocycles. The number of carboxylic acid groups (broad SMARTS) is 1. The summed E-state index contributed by atoms with van der Waals surface area (Å²) < 4.78 is 4.65. The second kappa shape index (κ2) is 6.06. The summed E-state index contributed by atoms with van der Waals surface area (Å²) in [6.07, 6.45) is -2.30. The Kier molecular flexibility index (Phi) is 5.75. The standard InChI is InChI=1S/C11H22O5/c1-7(2)9(8(3)14-10(12)13)15-16-11(4,5)6/h7-9H,1-6H3,(H,12,13). The van der Waals surface area contributed by atoms with E-state index in [0.29, 0.717) is 0 Å². The normalized spacial score (nSPS) is 15.9. The van der Waals surface area contributed by atoms with Gasteiger partial charge in [-0.1, -0.05) is 13.8 Å². The van der Waals surface area contributed by atoms with Gasteiger partial charge in [0.05, 0.1) is 5.60 Å². The van der Waals surface area contributed by atoms with Gasteiger partial charge in [0.25, 0.3) is 0 Å². The molecule has 16 heavy (non-hydrogen) atoms. The van der Waals surface area contributed by atoms with Crippen LogP contribution in [0.15, 0.2) is 0 Å². The fraction of sp³-hybridized carbons (Fsp3) is 0.909. The van der Waals surface area contributed by atoms with E-state index in [-0.39, 0.29) is 5.92 Å². The van der Waals surface area contributed by atoms with Crippen LogP contribution in [-0.2, 0) is 14.5 Å². The van der Waals surface area contributed by atoms with Crippen LogP contribution in [0.25, 0.3) is 0 Å². The van der Waals surface area contributed by atoms with E-state index in [1.165, 1.54) is 0 Å². The molecule has 96 valence electrons. The molecule has 2 atom stereocenters. The lowest BCUT2D eigenvalue weighted by Gasteiger charge is -2.28. The van der Waals surface area contributed by atoms with Crippen molar-refractivity contribution >= 4 is 6.16 Å². The van der Waals surface area contributed by atoms with Crippen molar-refractivity contribution in [2.24, 2.45) is 5.92 Å². The van der Waals surface area contributed by atoms with E-state index in [0.717, 1.165) is 0 Å². The van der Waals surface area contributed by atoms with Crippen LogP contribution in [-0.4, -0.2) is 29.1 Å². The molecule has 0 aliphatic heterocycles. The van der Waals surface area contributed by atoms with Crippen molar-refractivity contribution in [3.63, 3.8) is 0 Å². The Bertz CT molecular complexity index is 219. The lowest BCUT2D eigenvalue weighted by atomic mass is 10.0. The van der Waals surface area contributed by atoms with Crippen molar-refractivity contribution in [1.82, 2.24) is 0 Å². The number of ether oxygens (including phenoxy) is 1. The summed E-state index contributed by atoms with van der Waals surface area (Å²) in [7, 11) is 0. The first-order valence-corrected chi connectivity index (χ1v) is 5.37. The molecular weight excluding hydrogens is 212 g/mol. The third-order valence-corrected chi connectivity index (χ3v) is 1.82. The van der Waals surface area contributed by atoms with Crippen molar-refractivity contribution in [2.75, 3.05) is 0 Å². The van der Waals surface area contributed by atoms with Crippen molar-refractivity contribution in [3.8, 4) is 0 Å². The molecule has 0 aromatic carbocycles. The van der Waals surface area contributed by atoms with E-state index >= 15 is 0 Å². The monoisotopic (exact) mass is 234 g/mol. The molecule has 0 spiro atoms. The maximum atomic E-state index is 10.4. The first-order chi connectivity index (χ1) is 7.13. The van der Waals surface area contributed by atoms with Gasteiger partial charge in [-0.3, -0.25) is 0 Å². The first kappa shape index (κ1) is 15.2. The molecule has 0 aliphatic carbocycles. The minimum absolute atomic E-state index is 0.0942. The second-order valence-corrected chi connectivity index (χ2v) is 5.09. The zero-order chi connectivity index (χ0) is 12.9. The summed E-state index contributed by atoms with van der Waals surface area (Å²) >= 11 is 0. The van der Waals surface area contributed by atoms with Crippen LogP contribution in [0.4, 0.5) is 4.79 Å². The average Bonchev–Trinajstić information content (AvgIpc) is 1.99. The van der Waals surface area contributed by atoms with E-state index < -0.39 is 24.0 Å². The van der Waals surface area contributed by atoms with Gasteiger partial charge in [0, 0.05) is 0 Å². The van der Waals surface area contributed by atoms with Gasteiger partial charge in [-0.25, -0.2) is 14.6 Å². The van der Waals surface area contributed by atoms with E-state index in [1.54, 1.807) is 6.92 Å². The molecule has 5 heteroatoms. The van der Waals surface area contributed by atoms with Gasteiger partial charge >= 0.3 is 6.16 Å². The molecule has 0 rings (SSSR count). The van der Waals surface area contributed by atoms with E-state index in [4.69, 9.17) is 14.9 Å². The van der Waals surface area contributed by atoms with Crippen LogP contribution in [0.1, 0.15) is 41.5 Å². The molecule has 0 saturated carbocycles. The lowest BCUT2D eigenvalue weighted by Crippen LogP contribution is -2.37. The topological polar surface area (TPSA) is 65.0 Å². The molecule has 0 amide bonds. The Balaban J connectivity index is 4.32. The van der Waals surface area contributed by atoms with Crippen molar-refractivity contribution in [1.29, 1.82) is 0 Å². The smallest absolute Gasteiger partial charge is 0.450 e. The fourth-order valence-electron chi connectivity index (χ4n) is 1.16. The summed E-state index contributed by atoms with van der Waals surface area (Å²) in [6, 6.07) is 0. The molecule has 0 bridgehead atoms. The highest BCUT2D eigenvalue weighted by atomic mass is 17.2. The highest BCUT2D eigenvalue weighted by Crippen LogP contribution is 2.18. The maximum Gasteiger partial charge on any atom is 0.506 e. The third kappa shape index (κ3) is 6.63. The summed E-state index contributed by atoms with van der Waals surface area (Å²) in [5, 5.41) is 8.52. The maximum absolute atomic E-state index is 10.4. The van der Waals surface area contributed by atoms with Crippen LogP contribution in [0.2, 0.25) is 0 Å². The molecule has 0 aliphatic rings. The molecule has 5 nitrogen and oxygen atoms in total. The highest BCUT2D eigenvalue weighted by Gasteiger charge is 2.28. The van der Waals surface area contributed by atoms with Gasteiger partial charge in [-0.05, 0) is 33.6 Å². The molecule has 0 radical (unpaired) electrons. The molecule has 1 N–H and O–H groups in total. The molecule has 0 aromatic heterocycles. The van der Waals surface area contributed by atoms with Crippen LogP contribution in [0.5, 0.6) is 0 Å². The highest BCUT2D eigenvalue weighted by molar-refractivity contribution is 5.57. The second-order valence-electron chi connectivity index (χ2n) is 5.09. The average molecular weight is 234 g/mol. The SMILES string of the molecule is CC(C)C(OOC(C)(C)C)C(C)OC(=O)O. The van der Waals surface area contributed by atoms with Crippen LogP contribution in [0, 0.1) is 5.92 Å². The van der Waals surface area contributed by atoms with Crippen molar-refractivity contribution in [3.05, 3.63) is 0 Å². The van der Waals surface area contributed by atoms with E-state index in [2.05, 4.69) is 4.74 Å². The summed E-state index contributed by atoms with van der Waals surface area (Å²) in [5.41, 5.74) is -0.434. The van der Waals surface area contributed by atoms with Gasteiger partial charge in [0.2, 0.25) is 0 Å². The van der Waals surface area contributed by atoms with Gasteiger partial charge in [-0.2, -0.15) is 0 Å². The Labute approximate surface area is 96.6 Å². The van der Waals surface area contributed by atoms with Gasteiger partial charge < -0.3 is 9.84 Å². The zero-order valence-corrected chi connectivity index (χ0v) is 10.8. The van der Waals surface area contributed by atoms with Crippen LogP contribution < -0.4 is 0 Å². The molecule has 0 saturated heterocycles. The fourth-order valence-corrected chi connectivity index (χ4v) is 1.16. The lowest BCUT2D eigenvalue weighted by molar-refractivity contribution is -0.388. The Morgan fingerprint density at radius 1 is 1.19 bits per heavy atom. The Morgan fingerprint density at radius 2 is 1.69 bits per heavy atom. The minimum Gasteiger partial charge on any atom is -0.450 e. The van der Waals surface area contributed by atoms with Crippen LogP contribution in [0.3, 0.4) is 0 Å². The molecule has 0 fully saturated rings. The zero-order valence-electron chi connectivity index (χ0n) is 10.8. The van der Waals surface area contributed by atoms with E-state index in [9.17, 15) is 4.79 Å². The number of rotatable bonds is 5. The largest absolute Gasteiger partial charge is 0.506 e. The minimum atomic E-state index is -1.31. The van der Waals surface area contributed by atoms with Gasteiger partial charge in [-0.15, -0.1) is 0 Å². The first-order valence-electron chi connectivity index (χ1n) is 5.37. The molecule has 2 unspecified atom stereocenters. The van der Waals surface area contributed by atoms with Gasteiger partial charge in [0.15, 0.2) is 0 Å². The molecule has 0 aromatic rings. The number of hydrogen-bond donors (Lipinski definition) is 1. The van der Waals surface area contributed by atoms with Crippen molar-refractivity contribution < 1.29 is 24.4 Å².